The van der Waals surface area contributed by atoms with Crippen LogP contribution in [0.5, 0.6) is 0 Å². The van der Waals surface area contributed by atoms with Gasteiger partial charge in [0.1, 0.15) is 11.2 Å². The van der Waals surface area contributed by atoms with Crippen molar-refractivity contribution in [2.75, 3.05) is 0 Å². The van der Waals surface area contributed by atoms with E-state index in [1.54, 1.807) is 0 Å². The smallest absolute Gasteiger partial charge is 0.165 e. The molecule has 0 radical (unpaired) electrons. The van der Waals surface area contributed by atoms with E-state index in [0.717, 1.165) is 78.8 Å². The molecule has 5 heteroatoms. The maximum atomic E-state index is 6.99. The van der Waals surface area contributed by atoms with Crippen molar-refractivity contribution >= 4 is 75.0 Å². The fraction of sp³-hybridized carbons (Fsp3) is 0.0484. The summed E-state index contributed by atoms with van der Waals surface area (Å²) in [5.74, 6) is 1.88. The number of para-hydroxylation sites is 1. The largest absolute Gasteiger partial charge is 0.455 e. The minimum Gasteiger partial charge on any atom is -0.455 e. The van der Waals surface area contributed by atoms with Crippen molar-refractivity contribution in [3.63, 3.8) is 0 Å². The fourth-order valence-corrected chi connectivity index (χ4v) is 12.1. The van der Waals surface area contributed by atoms with E-state index in [4.69, 9.17) is 19.4 Å². The van der Waals surface area contributed by atoms with Crippen LogP contribution < -0.4 is 0 Å². The normalized spacial score (nSPS) is 13.7. The topological polar surface area (TPSA) is 51.8 Å². The lowest BCUT2D eigenvalue weighted by molar-refractivity contribution is 0.671. The zero-order chi connectivity index (χ0) is 44.0. The number of rotatable bonds is 5. The molecule has 67 heavy (non-hydrogen) atoms. The summed E-state index contributed by atoms with van der Waals surface area (Å²) in [6, 6.07) is 74.1. The maximum absolute atomic E-state index is 6.99. The number of fused-ring (bicyclic) bond motifs is 12. The van der Waals surface area contributed by atoms with Gasteiger partial charge in [0.2, 0.25) is 0 Å². The fourth-order valence-electron chi connectivity index (χ4n) is 11.0. The van der Waals surface area contributed by atoms with Gasteiger partial charge in [0.25, 0.3) is 0 Å². The second kappa shape index (κ2) is 15.2. The summed E-state index contributed by atoms with van der Waals surface area (Å²) < 4.78 is 9.43. The molecule has 14 rings (SSSR count). The van der Waals surface area contributed by atoms with Gasteiger partial charge < -0.3 is 4.42 Å². The molecule has 1 aliphatic carbocycles. The lowest BCUT2D eigenvalue weighted by Crippen LogP contribution is -2.08. The van der Waals surface area contributed by atoms with Crippen LogP contribution in [0.15, 0.2) is 211 Å². The Bertz CT molecular complexity index is 4130. The third-order valence-corrected chi connectivity index (χ3v) is 15.1. The van der Waals surface area contributed by atoms with Crippen LogP contribution in [0.25, 0.3) is 120 Å². The molecule has 1 unspecified atom stereocenters. The van der Waals surface area contributed by atoms with Crippen LogP contribution in [-0.2, 0) is 6.42 Å². The molecule has 0 saturated heterocycles. The number of furan rings is 1. The van der Waals surface area contributed by atoms with Gasteiger partial charge >= 0.3 is 0 Å². The second-order valence-electron chi connectivity index (χ2n) is 17.7. The highest BCUT2D eigenvalue weighted by atomic mass is 32.1. The molecule has 10 aromatic carbocycles. The van der Waals surface area contributed by atoms with Crippen LogP contribution in [0.3, 0.4) is 0 Å². The molecule has 0 fully saturated rings. The van der Waals surface area contributed by atoms with Gasteiger partial charge in [-0.05, 0) is 98.3 Å². The summed E-state index contributed by atoms with van der Waals surface area (Å²) in [6.45, 7) is 0. The molecule has 0 spiro atoms. The first-order valence-corrected chi connectivity index (χ1v) is 23.8. The summed E-state index contributed by atoms with van der Waals surface area (Å²) >= 11 is 1.81. The molecule has 0 bridgehead atoms. The molecule has 1 atom stereocenters. The third kappa shape index (κ3) is 6.08. The highest BCUT2D eigenvalue weighted by Gasteiger charge is 2.32. The third-order valence-electron chi connectivity index (χ3n) is 14.0. The molecule has 0 amide bonds. The Morgan fingerprint density at radius 3 is 1.97 bits per heavy atom. The van der Waals surface area contributed by atoms with Crippen molar-refractivity contribution in [3.05, 3.63) is 223 Å². The van der Waals surface area contributed by atoms with E-state index >= 15 is 0 Å². The molecular formula is C62H39N3OS. The summed E-state index contributed by atoms with van der Waals surface area (Å²) in [5.41, 5.74) is 13.3. The van der Waals surface area contributed by atoms with E-state index < -0.39 is 0 Å². The molecule has 3 heterocycles. The van der Waals surface area contributed by atoms with Gasteiger partial charge in [-0.15, -0.1) is 11.3 Å². The molecule has 3 aromatic heterocycles. The van der Waals surface area contributed by atoms with Gasteiger partial charge in [-0.25, -0.2) is 15.0 Å². The van der Waals surface area contributed by atoms with Gasteiger partial charge in [-0.1, -0.05) is 176 Å². The Morgan fingerprint density at radius 1 is 0.433 bits per heavy atom. The number of nitrogens with zero attached hydrogens (tertiary/aromatic N) is 3. The van der Waals surface area contributed by atoms with Crippen LogP contribution in [0.2, 0.25) is 0 Å². The van der Waals surface area contributed by atoms with E-state index in [9.17, 15) is 0 Å². The zero-order valence-electron chi connectivity index (χ0n) is 36.3. The average Bonchev–Trinajstić information content (AvgIpc) is 3.93. The summed E-state index contributed by atoms with van der Waals surface area (Å²) in [5, 5.41) is 9.16. The first kappa shape index (κ1) is 38.1. The highest BCUT2D eigenvalue weighted by Crippen LogP contribution is 2.52. The first-order chi connectivity index (χ1) is 33.2. The minimum absolute atomic E-state index is 0.0378. The molecule has 314 valence electrons. The van der Waals surface area contributed by atoms with Crippen LogP contribution in [0, 0.1) is 0 Å². The van der Waals surface area contributed by atoms with E-state index in [2.05, 4.69) is 206 Å². The number of hydrogen-bond acceptors (Lipinski definition) is 5. The number of aryl methyl sites for hydroxylation is 1. The van der Waals surface area contributed by atoms with Gasteiger partial charge in [-0.2, -0.15) is 0 Å². The van der Waals surface area contributed by atoms with E-state index in [0.29, 0.717) is 17.5 Å². The standard InChI is InChI=1S/C62H39N3OS/c1-2-16-37(17-3-1)38-20-14-21-42(35-38)60-63-61(50-28-15-31-54-55(50)49-27-11-13-30-53(49)67-54)65-62(64-60)58-45-24-8-9-25-47(45)59-57(48-26-10-12-29-52(48)66-59)56(58)46-33-32-41-34-39-18-4-5-19-40(39)36-51(41)44-23-7-6-22-43(44)46/h1-31,34-36,46H,32-33H2. The van der Waals surface area contributed by atoms with Gasteiger partial charge in [0.05, 0.1) is 0 Å². The monoisotopic (exact) mass is 873 g/mol. The number of aromatic nitrogens is 3. The van der Waals surface area contributed by atoms with Crippen LogP contribution in [0.1, 0.15) is 29.0 Å². The van der Waals surface area contributed by atoms with E-state index in [1.165, 1.54) is 53.4 Å². The van der Waals surface area contributed by atoms with Crippen LogP contribution in [0.4, 0.5) is 0 Å². The quantitative estimate of drug-likeness (QED) is 0.173. The van der Waals surface area contributed by atoms with Crippen molar-refractivity contribution in [2.45, 2.75) is 18.8 Å². The Labute approximate surface area is 390 Å². The van der Waals surface area contributed by atoms with Crippen molar-refractivity contribution in [2.24, 2.45) is 0 Å². The molecule has 0 N–H and O–H groups in total. The van der Waals surface area contributed by atoms with E-state index in [-0.39, 0.29) is 5.92 Å². The predicted molar refractivity (Wildman–Crippen MR) is 279 cm³/mol. The summed E-state index contributed by atoms with van der Waals surface area (Å²) in [6.07, 6.45) is 1.78. The van der Waals surface area contributed by atoms with Crippen molar-refractivity contribution in [1.82, 2.24) is 15.0 Å². The predicted octanol–water partition coefficient (Wildman–Crippen LogP) is 16.9. The molecule has 13 aromatic rings. The molecule has 4 nitrogen and oxygen atoms in total. The second-order valence-corrected chi connectivity index (χ2v) is 18.8. The summed E-state index contributed by atoms with van der Waals surface area (Å²) in [4.78, 5) is 16.8. The Hall–Kier alpha value is -8.25. The van der Waals surface area contributed by atoms with Crippen LogP contribution in [-0.4, -0.2) is 15.0 Å². The molecule has 0 saturated carbocycles. The number of benzene rings is 10. The molecule has 0 aliphatic heterocycles. The SMILES string of the molecule is c1ccc(-c2cccc(-c3nc(-c4c(C5CCc6cc7ccccc7cc6-c6ccccc65)c5c6ccccc6oc5c5ccccc45)nc(-c4cccc5sc6ccccc6c45)n3)c2)cc1. The van der Waals surface area contributed by atoms with Gasteiger partial charge in [-0.3, -0.25) is 0 Å². The van der Waals surface area contributed by atoms with Crippen molar-refractivity contribution in [3.8, 4) is 56.4 Å². The Kier molecular flexibility index (Phi) is 8.61. The lowest BCUT2D eigenvalue weighted by Gasteiger charge is -2.24. The first-order valence-electron chi connectivity index (χ1n) is 23.0. The van der Waals surface area contributed by atoms with Crippen molar-refractivity contribution in [1.29, 1.82) is 0 Å². The van der Waals surface area contributed by atoms with Crippen molar-refractivity contribution < 1.29 is 4.42 Å². The number of thiophene rings is 1. The van der Waals surface area contributed by atoms with Gasteiger partial charge in [0.15, 0.2) is 17.5 Å². The minimum atomic E-state index is -0.0378. The maximum Gasteiger partial charge on any atom is 0.165 e. The highest BCUT2D eigenvalue weighted by molar-refractivity contribution is 7.25. The molecular weight excluding hydrogens is 835 g/mol. The summed E-state index contributed by atoms with van der Waals surface area (Å²) in [7, 11) is 0. The van der Waals surface area contributed by atoms with Gasteiger partial charge in [0, 0.05) is 58.9 Å². The zero-order valence-corrected chi connectivity index (χ0v) is 37.1. The lowest BCUT2D eigenvalue weighted by atomic mass is 9.79. The Morgan fingerprint density at radius 2 is 1.07 bits per heavy atom. The average molecular weight is 874 g/mol. The van der Waals surface area contributed by atoms with Crippen LogP contribution >= 0.6 is 11.3 Å². The Balaban J connectivity index is 1.11. The van der Waals surface area contributed by atoms with E-state index in [1.807, 2.05) is 11.3 Å². The number of hydrogen-bond donors (Lipinski definition) is 0. The molecule has 1 aliphatic rings.